The average Bonchev–Trinajstić information content (AvgIpc) is 2.85. The molecule has 0 aliphatic heterocycles. The molecule has 3 rings (SSSR count). The normalized spacial score (nSPS) is 16.9. The predicted octanol–water partition coefficient (Wildman–Crippen LogP) is 4.36. The van der Waals surface area contributed by atoms with Crippen LogP contribution in [0.15, 0.2) is 77.7 Å². The molecule has 7 nitrogen and oxygen atoms in total. The third kappa shape index (κ3) is 6.51. The zero-order valence-electron chi connectivity index (χ0n) is 20.0. The van der Waals surface area contributed by atoms with Gasteiger partial charge >= 0.3 is 0 Å². The molecule has 1 aliphatic carbocycles. The second kappa shape index (κ2) is 11.7. The molecule has 0 aromatic heterocycles. The molecule has 1 aliphatic rings. The predicted molar refractivity (Wildman–Crippen MR) is 133 cm³/mol. The highest BCUT2D eigenvalue weighted by molar-refractivity contribution is 6.05. The lowest BCUT2D eigenvalue weighted by atomic mass is 9.87. The molecule has 2 aromatic carbocycles. The van der Waals surface area contributed by atoms with Gasteiger partial charge in [0.1, 0.15) is 17.2 Å². The molecule has 0 fully saturated rings. The van der Waals surface area contributed by atoms with Crippen molar-refractivity contribution < 1.29 is 19.1 Å². The van der Waals surface area contributed by atoms with E-state index >= 15 is 0 Å². The Bertz CT molecular complexity index is 1120. The number of methoxy groups -OCH3 is 2. The quantitative estimate of drug-likeness (QED) is 0.309. The Morgan fingerprint density at radius 1 is 1.06 bits per heavy atom. The summed E-state index contributed by atoms with van der Waals surface area (Å²) in [6, 6.07) is 13.9. The summed E-state index contributed by atoms with van der Waals surface area (Å²) in [6.07, 6.45) is 7.41. The van der Waals surface area contributed by atoms with E-state index in [0.29, 0.717) is 28.5 Å². The zero-order valence-corrected chi connectivity index (χ0v) is 20.0. The Labute approximate surface area is 200 Å². The molecule has 178 valence electrons. The van der Waals surface area contributed by atoms with Crippen molar-refractivity contribution >= 4 is 17.9 Å². The van der Waals surface area contributed by atoms with Gasteiger partial charge in [-0.3, -0.25) is 15.0 Å². The summed E-state index contributed by atoms with van der Waals surface area (Å²) < 4.78 is 10.7. The monoisotopic (exact) mass is 461 g/mol. The standard InChI is InChI=1S/C27H31N3O4/c1-18-10-11-22(19(2)14-18)17-28-30-27(32)24(29-26(31)20-8-6-5-7-9-20)15-21-12-13-23(33-3)16-25(21)34-4/h5-10,12-13,15-17,19,28H,11,14H2,1-4H3,(H,29,31)(H,30,32). The maximum absolute atomic E-state index is 13.0. The van der Waals surface area contributed by atoms with Crippen molar-refractivity contribution in [2.24, 2.45) is 5.92 Å². The van der Waals surface area contributed by atoms with Crippen molar-refractivity contribution in [1.29, 1.82) is 0 Å². The second-order valence-electron chi connectivity index (χ2n) is 8.16. The van der Waals surface area contributed by atoms with Crippen LogP contribution >= 0.6 is 0 Å². The van der Waals surface area contributed by atoms with E-state index in [0.717, 1.165) is 12.8 Å². The van der Waals surface area contributed by atoms with E-state index in [1.807, 2.05) is 12.3 Å². The van der Waals surface area contributed by atoms with Crippen LogP contribution in [-0.2, 0) is 4.79 Å². The van der Waals surface area contributed by atoms with Crippen LogP contribution < -0.4 is 25.6 Å². The number of carbonyl (C=O) groups excluding carboxylic acids is 2. The van der Waals surface area contributed by atoms with Crippen LogP contribution in [0.2, 0.25) is 0 Å². The molecule has 1 atom stereocenters. The third-order valence-corrected chi connectivity index (χ3v) is 5.66. The van der Waals surface area contributed by atoms with Gasteiger partial charge in [0, 0.05) is 23.4 Å². The zero-order chi connectivity index (χ0) is 24.5. The van der Waals surface area contributed by atoms with E-state index in [1.165, 1.54) is 18.3 Å². The van der Waals surface area contributed by atoms with Crippen LogP contribution in [0, 0.1) is 5.92 Å². The Hall–Kier alpha value is -4.00. The molecule has 0 heterocycles. The van der Waals surface area contributed by atoms with Crippen molar-refractivity contribution in [1.82, 2.24) is 16.2 Å². The number of nitrogens with one attached hydrogen (secondary N) is 3. The van der Waals surface area contributed by atoms with Gasteiger partial charge in [0.2, 0.25) is 0 Å². The van der Waals surface area contributed by atoms with Gasteiger partial charge in [-0.05, 0) is 61.6 Å². The Morgan fingerprint density at radius 3 is 2.50 bits per heavy atom. The van der Waals surface area contributed by atoms with Gasteiger partial charge < -0.3 is 20.2 Å². The van der Waals surface area contributed by atoms with E-state index in [2.05, 4.69) is 36.1 Å². The fourth-order valence-electron chi connectivity index (χ4n) is 3.69. The molecule has 0 radical (unpaired) electrons. The van der Waals surface area contributed by atoms with Crippen LogP contribution in [0.3, 0.4) is 0 Å². The number of hydrazine groups is 1. The summed E-state index contributed by atoms with van der Waals surface area (Å²) in [5.74, 6) is 0.633. The minimum atomic E-state index is -0.491. The third-order valence-electron chi connectivity index (χ3n) is 5.66. The van der Waals surface area contributed by atoms with Gasteiger partial charge in [0.15, 0.2) is 0 Å². The van der Waals surface area contributed by atoms with Crippen molar-refractivity contribution in [2.75, 3.05) is 14.2 Å². The first-order chi connectivity index (χ1) is 16.4. The topological polar surface area (TPSA) is 88.7 Å². The van der Waals surface area contributed by atoms with Crippen LogP contribution in [0.5, 0.6) is 11.5 Å². The Balaban J connectivity index is 1.83. The number of ether oxygens (including phenoxy) is 2. The van der Waals surface area contributed by atoms with Gasteiger partial charge in [0.05, 0.1) is 14.2 Å². The van der Waals surface area contributed by atoms with E-state index in [9.17, 15) is 9.59 Å². The Kier molecular flexibility index (Phi) is 8.51. The summed E-state index contributed by atoms with van der Waals surface area (Å²) in [4.78, 5) is 25.8. The maximum atomic E-state index is 13.0. The highest BCUT2D eigenvalue weighted by atomic mass is 16.5. The summed E-state index contributed by atoms with van der Waals surface area (Å²) in [5.41, 5.74) is 9.24. The summed E-state index contributed by atoms with van der Waals surface area (Å²) in [7, 11) is 3.09. The summed E-state index contributed by atoms with van der Waals surface area (Å²) in [6.45, 7) is 4.29. The minimum Gasteiger partial charge on any atom is -0.497 e. The first kappa shape index (κ1) is 24.6. The molecule has 0 saturated carbocycles. The van der Waals surface area contributed by atoms with E-state index in [-0.39, 0.29) is 5.70 Å². The molecule has 0 spiro atoms. The fourth-order valence-corrected chi connectivity index (χ4v) is 3.69. The van der Waals surface area contributed by atoms with E-state index < -0.39 is 11.8 Å². The van der Waals surface area contributed by atoms with Crippen molar-refractivity contribution in [3.63, 3.8) is 0 Å². The van der Waals surface area contributed by atoms with Crippen LogP contribution in [0.1, 0.15) is 42.6 Å². The van der Waals surface area contributed by atoms with E-state index in [4.69, 9.17) is 9.47 Å². The van der Waals surface area contributed by atoms with Gasteiger partial charge in [0.25, 0.3) is 11.8 Å². The molecule has 34 heavy (non-hydrogen) atoms. The van der Waals surface area contributed by atoms with Gasteiger partial charge in [-0.2, -0.15) is 0 Å². The first-order valence-electron chi connectivity index (χ1n) is 11.1. The van der Waals surface area contributed by atoms with Gasteiger partial charge in [-0.1, -0.05) is 36.8 Å². The van der Waals surface area contributed by atoms with Crippen molar-refractivity contribution in [3.05, 3.63) is 88.8 Å². The lowest BCUT2D eigenvalue weighted by molar-refractivity contribution is -0.118. The number of allylic oxidation sites excluding steroid dienone is 3. The number of hydrogen-bond acceptors (Lipinski definition) is 5. The summed E-state index contributed by atoms with van der Waals surface area (Å²) in [5, 5.41) is 2.72. The number of hydrogen-bond donors (Lipinski definition) is 3. The molecule has 1 unspecified atom stereocenters. The molecule has 3 N–H and O–H groups in total. The molecular formula is C27H31N3O4. The molecule has 0 bridgehead atoms. The lowest BCUT2D eigenvalue weighted by Gasteiger charge is -2.21. The SMILES string of the molecule is COc1ccc(C=C(NC(=O)c2ccccc2)C(=O)NNC=C2CC=C(C)CC2C)c(OC)c1. The van der Waals surface area contributed by atoms with Crippen LogP contribution in [0.25, 0.3) is 6.08 Å². The molecule has 0 saturated heterocycles. The first-order valence-corrected chi connectivity index (χ1v) is 11.1. The van der Waals surface area contributed by atoms with Crippen LogP contribution in [-0.4, -0.2) is 26.0 Å². The molecule has 7 heteroatoms. The summed E-state index contributed by atoms with van der Waals surface area (Å²) >= 11 is 0. The Morgan fingerprint density at radius 2 is 1.82 bits per heavy atom. The second-order valence-corrected chi connectivity index (χ2v) is 8.16. The van der Waals surface area contributed by atoms with E-state index in [1.54, 1.807) is 55.7 Å². The number of carbonyl (C=O) groups is 2. The molecule has 2 aromatic rings. The highest BCUT2D eigenvalue weighted by Crippen LogP contribution is 2.28. The fraction of sp³-hybridized carbons (Fsp3) is 0.259. The number of benzene rings is 2. The van der Waals surface area contributed by atoms with Crippen LogP contribution in [0.4, 0.5) is 0 Å². The molecule has 2 amide bonds. The average molecular weight is 462 g/mol. The number of rotatable bonds is 8. The largest absolute Gasteiger partial charge is 0.497 e. The van der Waals surface area contributed by atoms with Crippen molar-refractivity contribution in [3.8, 4) is 11.5 Å². The highest BCUT2D eigenvalue weighted by Gasteiger charge is 2.17. The maximum Gasteiger partial charge on any atom is 0.286 e. The van der Waals surface area contributed by atoms with Gasteiger partial charge in [-0.25, -0.2) is 0 Å². The van der Waals surface area contributed by atoms with Crippen molar-refractivity contribution in [2.45, 2.75) is 26.7 Å². The number of amides is 2. The lowest BCUT2D eigenvalue weighted by Crippen LogP contribution is -2.40. The van der Waals surface area contributed by atoms with Gasteiger partial charge in [-0.15, -0.1) is 0 Å². The minimum absolute atomic E-state index is 0.0654. The smallest absolute Gasteiger partial charge is 0.286 e. The molecular weight excluding hydrogens is 430 g/mol.